The van der Waals surface area contributed by atoms with Crippen LogP contribution in [-0.2, 0) is 12.6 Å². The summed E-state index contributed by atoms with van der Waals surface area (Å²) in [6.07, 6.45) is -2.01. The summed E-state index contributed by atoms with van der Waals surface area (Å²) in [6.45, 7) is 1.82. The molecule has 158 valence electrons. The van der Waals surface area contributed by atoms with E-state index in [0.29, 0.717) is 29.0 Å². The Morgan fingerprint density at radius 2 is 1.77 bits per heavy atom. The van der Waals surface area contributed by atoms with Crippen molar-refractivity contribution in [3.63, 3.8) is 0 Å². The molecule has 30 heavy (non-hydrogen) atoms. The summed E-state index contributed by atoms with van der Waals surface area (Å²) in [5.74, 6) is -0.251. The first-order valence-corrected chi connectivity index (χ1v) is 10.00. The lowest BCUT2D eigenvalue weighted by Crippen LogP contribution is -2.08. The Hall–Kier alpha value is -2.71. The normalized spacial score (nSPS) is 13.5. The summed E-state index contributed by atoms with van der Waals surface area (Å²) in [5.41, 5.74) is 7.38. The fraction of sp³-hybridized carbons (Fsp3) is 0.227. The zero-order chi connectivity index (χ0) is 21.9. The van der Waals surface area contributed by atoms with Crippen molar-refractivity contribution in [2.75, 3.05) is 0 Å². The number of thiazole rings is 1. The molecule has 0 radical (unpaired) electrons. The van der Waals surface area contributed by atoms with E-state index in [1.807, 2.05) is 6.92 Å². The minimum atomic E-state index is -4.37. The average molecular weight is 436 g/mol. The number of aryl methyl sites for hydroxylation is 2. The molecule has 1 aromatic heterocycles. The highest BCUT2D eigenvalue weighted by Crippen LogP contribution is 2.33. The van der Waals surface area contributed by atoms with Crippen molar-refractivity contribution in [2.45, 2.75) is 32.0 Å². The molecule has 0 aliphatic rings. The summed E-state index contributed by atoms with van der Waals surface area (Å²) in [6, 6.07) is 10.1. The van der Waals surface area contributed by atoms with Crippen LogP contribution in [0, 0.1) is 12.7 Å². The van der Waals surface area contributed by atoms with E-state index in [1.54, 1.807) is 12.1 Å². The predicted molar refractivity (Wildman–Crippen MR) is 110 cm³/mol. The molecular formula is C22H20F4N2OS. The van der Waals surface area contributed by atoms with Gasteiger partial charge in [-0.1, -0.05) is 24.3 Å². The van der Waals surface area contributed by atoms with Gasteiger partial charge in [-0.3, -0.25) is 0 Å². The number of allylic oxidation sites excluding steroid dienone is 1. The van der Waals surface area contributed by atoms with E-state index >= 15 is 0 Å². The first-order chi connectivity index (χ1) is 14.1. The largest absolute Gasteiger partial charge is 0.513 e. The van der Waals surface area contributed by atoms with Crippen LogP contribution in [0.15, 0.2) is 60.4 Å². The Bertz CT molecular complexity index is 1020. The summed E-state index contributed by atoms with van der Waals surface area (Å²) >= 11 is 1.38. The van der Waals surface area contributed by atoms with Crippen LogP contribution in [0.3, 0.4) is 0 Å². The number of hydrogen-bond acceptors (Lipinski definition) is 4. The molecule has 0 saturated heterocycles. The van der Waals surface area contributed by atoms with Gasteiger partial charge in [0, 0.05) is 16.9 Å². The van der Waals surface area contributed by atoms with Gasteiger partial charge in [0.2, 0.25) is 0 Å². The number of alkyl halides is 3. The maximum Gasteiger partial charge on any atom is 0.416 e. The standard InChI is InChI=1S/C22H20F4N2OS/c1-13-20(11-10-18(29)12-19(27)14-4-8-17(23)9-5-14)30-21(28-13)15-2-6-16(7-3-15)22(24,25)26/h2-9,12,19,29H,10-11,27H2,1H3/b18-12-. The number of rotatable bonds is 6. The maximum absolute atomic E-state index is 13.0. The Morgan fingerprint density at radius 1 is 1.13 bits per heavy atom. The van der Waals surface area contributed by atoms with Gasteiger partial charge in [-0.05, 0) is 49.2 Å². The monoisotopic (exact) mass is 436 g/mol. The van der Waals surface area contributed by atoms with Crippen LogP contribution in [0.4, 0.5) is 17.6 Å². The van der Waals surface area contributed by atoms with Crippen LogP contribution in [-0.4, -0.2) is 10.1 Å². The van der Waals surface area contributed by atoms with Crippen molar-refractivity contribution in [2.24, 2.45) is 5.73 Å². The highest BCUT2D eigenvalue weighted by molar-refractivity contribution is 7.15. The van der Waals surface area contributed by atoms with Crippen molar-refractivity contribution >= 4 is 11.3 Å². The van der Waals surface area contributed by atoms with Gasteiger partial charge in [0.25, 0.3) is 0 Å². The van der Waals surface area contributed by atoms with Gasteiger partial charge in [0.15, 0.2) is 0 Å². The fourth-order valence-electron chi connectivity index (χ4n) is 2.90. The highest BCUT2D eigenvalue weighted by atomic mass is 32.1. The second-order valence-electron chi connectivity index (χ2n) is 6.84. The van der Waals surface area contributed by atoms with Gasteiger partial charge in [-0.25, -0.2) is 9.37 Å². The number of benzene rings is 2. The highest BCUT2D eigenvalue weighted by Gasteiger charge is 2.30. The SMILES string of the molecule is Cc1nc(-c2ccc(C(F)(F)F)cc2)sc1CC/C(O)=C/C(N)c1ccc(F)cc1. The van der Waals surface area contributed by atoms with Crippen LogP contribution in [0.1, 0.15) is 34.2 Å². The van der Waals surface area contributed by atoms with Crippen molar-refractivity contribution < 1.29 is 22.7 Å². The molecule has 3 aromatic rings. The van der Waals surface area contributed by atoms with E-state index in [0.717, 1.165) is 22.7 Å². The zero-order valence-electron chi connectivity index (χ0n) is 16.1. The Balaban J connectivity index is 1.66. The zero-order valence-corrected chi connectivity index (χ0v) is 16.9. The van der Waals surface area contributed by atoms with Crippen LogP contribution in [0.2, 0.25) is 0 Å². The van der Waals surface area contributed by atoms with Gasteiger partial charge in [-0.2, -0.15) is 13.2 Å². The number of nitrogens with two attached hydrogens (primary N) is 1. The summed E-state index contributed by atoms with van der Waals surface area (Å²) in [5, 5.41) is 10.8. The third kappa shape index (κ3) is 5.46. The fourth-order valence-corrected chi connectivity index (χ4v) is 3.97. The van der Waals surface area contributed by atoms with E-state index in [2.05, 4.69) is 4.98 Å². The molecule has 1 unspecified atom stereocenters. The van der Waals surface area contributed by atoms with Crippen molar-refractivity contribution in [3.8, 4) is 10.6 Å². The lowest BCUT2D eigenvalue weighted by atomic mass is 10.1. The Kier molecular flexibility index (Phi) is 6.58. The number of halogens is 4. The summed E-state index contributed by atoms with van der Waals surface area (Å²) in [4.78, 5) is 5.37. The minimum Gasteiger partial charge on any atom is -0.513 e. The molecule has 0 amide bonds. The lowest BCUT2D eigenvalue weighted by Gasteiger charge is -2.08. The molecule has 0 aliphatic carbocycles. The Labute approximate surface area is 175 Å². The molecule has 2 aromatic carbocycles. The molecule has 3 nitrogen and oxygen atoms in total. The molecule has 0 fully saturated rings. The first-order valence-electron chi connectivity index (χ1n) is 9.18. The predicted octanol–water partition coefficient (Wildman–Crippen LogP) is 6.35. The average Bonchev–Trinajstić information content (AvgIpc) is 3.07. The third-order valence-corrected chi connectivity index (χ3v) is 5.85. The van der Waals surface area contributed by atoms with Gasteiger partial charge >= 0.3 is 6.18 Å². The number of hydrogen-bond donors (Lipinski definition) is 2. The molecule has 8 heteroatoms. The van der Waals surface area contributed by atoms with E-state index < -0.39 is 17.8 Å². The number of nitrogens with zero attached hydrogens (tertiary/aromatic N) is 1. The molecule has 1 atom stereocenters. The third-order valence-electron chi connectivity index (χ3n) is 4.59. The van der Waals surface area contributed by atoms with Crippen LogP contribution in [0.5, 0.6) is 0 Å². The van der Waals surface area contributed by atoms with E-state index in [1.165, 1.54) is 41.7 Å². The molecule has 0 spiro atoms. The van der Waals surface area contributed by atoms with Crippen LogP contribution < -0.4 is 5.73 Å². The first kappa shape index (κ1) is 22.0. The molecule has 3 N–H and O–H groups in total. The van der Waals surface area contributed by atoms with Crippen molar-refractivity contribution in [3.05, 3.63) is 87.9 Å². The van der Waals surface area contributed by atoms with Gasteiger partial charge in [0.1, 0.15) is 10.8 Å². The van der Waals surface area contributed by atoms with Gasteiger partial charge in [-0.15, -0.1) is 11.3 Å². The quantitative estimate of drug-likeness (QED) is 0.350. The summed E-state index contributed by atoms with van der Waals surface area (Å²) < 4.78 is 51.1. The van der Waals surface area contributed by atoms with Crippen LogP contribution in [0.25, 0.3) is 10.6 Å². The number of aliphatic hydroxyl groups is 1. The smallest absolute Gasteiger partial charge is 0.416 e. The summed E-state index contributed by atoms with van der Waals surface area (Å²) in [7, 11) is 0. The maximum atomic E-state index is 13.0. The minimum absolute atomic E-state index is 0.107. The van der Waals surface area contributed by atoms with Gasteiger partial charge < -0.3 is 10.8 Å². The lowest BCUT2D eigenvalue weighted by molar-refractivity contribution is -0.137. The van der Waals surface area contributed by atoms with Crippen molar-refractivity contribution in [1.82, 2.24) is 4.98 Å². The second kappa shape index (κ2) is 8.97. The van der Waals surface area contributed by atoms with E-state index in [9.17, 15) is 22.7 Å². The number of aromatic nitrogens is 1. The van der Waals surface area contributed by atoms with E-state index in [4.69, 9.17) is 5.73 Å². The second-order valence-corrected chi connectivity index (χ2v) is 7.92. The molecule has 0 saturated carbocycles. The van der Waals surface area contributed by atoms with Crippen LogP contribution >= 0.6 is 11.3 Å². The van der Waals surface area contributed by atoms with E-state index in [-0.39, 0.29) is 11.6 Å². The number of aliphatic hydroxyl groups excluding tert-OH is 1. The molecule has 1 heterocycles. The molecule has 0 bridgehead atoms. The van der Waals surface area contributed by atoms with Gasteiger partial charge in [0.05, 0.1) is 23.1 Å². The molecule has 0 aliphatic heterocycles. The molecular weight excluding hydrogens is 416 g/mol. The molecule has 3 rings (SSSR count). The Morgan fingerprint density at radius 3 is 2.37 bits per heavy atom. The van der Waals surface area contributed by atoms with Crippen molar-refractivity contribution in [1.29, 1.82) is 0 Å². The topological polar surface area (TPSA) is 59.1 Å².